The van der Waals surface area contributed by atoms with Crippen molar-refractivity contribution in [3.63, 3.8) is 0 Å². The molecule has 0 saturated carbocycles. The minimum atomic E-state index is 0.0611. The highest BCUT2D eigenvalue weighted by Gasteiger charge is 2.15. The lowest BCUT2D eigenvalue weighted by atomic mass is 10.1. The molecule has 0 aliphatic rings. The molecular weight excluding hydrogens is 208 g/mol. The average Bonchev–Trinajstić information content (AvgIpc) is 2.84. The maximum atomic E-state index is 12.0. The fraction of sp³-hybridized carbons (Fsp3) is 0.250. The van der Waals surface area contributed by atoms with Crippen LogP contribution in [0.3, 0.4) is 0 Å². The maximum Gasteiger partial charge on any atom is 0.206 e. The highest BCUT2D eigenvalue weighted by atomic mass is 32.1. The third-order valence-electron chi connectivity index (χ3n) is 2.34. The first-order chi connectivity index (χ1) is 7.22. The van der Waals surface area contributed by atoms with E-state index in [1.807, 2.05) is 19.1 Å². The molecule has 3 heteroatoms. The number of carbonyl (C=O) groups is 1. The van der Waals surface area contributed by atoms with Crippen LogP contribution < -0.4 is 0 Å². The van der Waals surface area contributed by atoms with Gasteiger partial charge in [0.1, 0.15) is 5.76 Å². The minimum Gasteiger partial charge on any atom is -0.469 e. The van der Waals surface area contributed by atoms with Gasteiger partial charge in [0.05, 0.1) is 16.7 Å². The summed E-state index contributed by atoms with van der Waals surface area (Å²) in [5.74, 6) is 0.748. The van der Waals surface area contributed by atoms with Gasteiger partial charge in [0.15, 0.2) is 0 Å². The van der Waals surface area contributed by atoms with Gasteiger partial charge in [-0.05, 0) is 31.5 Å². The molecule has 0 unspecified atom stereocenters. The van der Waals surface area contributed by atoms with Crippen molar-refractivity contribution in [1.29, 1.82) is 0 Å². The van der Waals surface area contributed by atoms with E-state index in [-0.39, 0.29) is 5.78 Å². The van der Waals surface area contributed by atoms with E-state index in [1.165, 1.54) is 4.88 Å². The quantitative estimate of drug-likeness (QED) is 0.742. The summed E-state index contributed by atoms with van der Waals surface area (Å²) in [6, 6.07) is 5.62. The zero-order valence-electron chi connectivity index (χ0n) is 8.74. The van der Waals surface area contributed by atoms with Crippen molar-refractivity contribution in [3.05, 3.63) is 45.5 Å². The van der Waals surface area contributed by atoms with Gasteiger partial charge in [-0.1, -0.05) is 6.92 Å². The number of aryl methyl sites for hydroxylation is 2. The number of furan rings is 1. The van der Waals surface area contributed by atoms with Gasteiger partial charge in [0.25, 0.3) is 0 Å². The number of thiophene rings is 1. The molecule has 0 amide bonds. The lowest BCUT2D eigenvalue weighted by molar-refractivity contribution is 0.104. The summed E-state index contributed by atoms with van der Waals surface area (Å²) in [7, 11) is 0. The van der Waals surface area contributed by atoms with Crippen LogP contribution in [-0.4, -0.2) is 5.78 Å². The second-order valence-electron chi connectivity index (χ2n) is 3.34. The number of hydrogen-bond donors (Lipinski definition) is 0. The van der Waals surface area contributed by atoms with Crippen molar-refractivity contribution < 1.29 is 9.21 Å². The van der Waals surface area contributed by atoms with Crippen molar-refractivity contribution in [3.8, 4) is 0 Å². The van der Waals surface area contributed by atoms with E-state index in [0.29, 0.717) is 11.3 Å². The fourth-order valence-electron chi connectivity index (χ4n) is 1.44. The van der Waals surface area contributed by atoms with Crippen LogP contribution >= 0.6 is 11.3 Å². The standard InChI is InChI=1S/C12H12O2S/c1-3-9-4-5-11(15-9)12(13)10-6-7-14-8(10)2/h4-7H,3H2,1-2H3. The van der Waals surface area contributed by atoms with Crippen molar-refractivity contribution in [1.82, 2.24) is 0 Å². The Balaban J connectivity index is 2.32. The molecule has 2 heterocycles. The third kappa shape index (κ3) is 1.88. The van der Waals surface area contributed by atoms with Gasteiger partial charge in [-0.2, -0.15) is 0 Å². The van der Waals surface area contributed by atoms with E-state index in [0.717, 1.165) is 11.3 Å². The number of ketones is 1. The number of rotatable bonds is 3. The molecular formula is C12H12O2S. The van der Waals surface area contributed by atoms with Gasteiger partial charge in [-0.15, -0.1) is 11.3 Å². The Kier molecular flexibility index (Phi) is 2.73. The summed E-state index contributed by atoms with van der Waals surface area (Å²) in [6.07, 6.45) is 2.53. The predicted octanol–water partition coefficient (Wildman–Crippen LogP) is 3.44. The van der Waals surface area contributed by atoms with Crippen molar-refractivity contribution in [2.45, 2.75) is 20.3 Å². The maximum absolute atomic E-state index is 12.0. The Morgan fingerprint density at radius 2 is 2.20 bits per heavy atom. The lowest BCUT2D eigenvalue weighted by Gasteiger charge is -1.94. The molecule has 78 valence electrons. The number of hydrogen-bond acceptors (Lipinski definition) is 3. The van der Waals surface area contributed by atoms with Crippen LogP contribution in [0.4, 0.5) is 0 Å². The molecule has 2 aromatic heterocycles. The summed E-state index contributed by atoms with van der Waals surface area (Å²) in [6.45, 7) is 3.89. The first-order valence-electron chi connectivity index (χ1n) is 4.90. The molecule has 2 nitrogen and oxygen atoms in total. The molecule has 0 saturated heterocycles. The Morgan fingerprint density at radius 1 is 1.40 bits per heavy atom. The van der Waals surface area contributed by atoms with Gasteiger partial charge in [-0.25, -0.2) is 0 Å². The zero-order chi connectivity index (χ0) is 10.8. The van der Waals surface area contributed by atoms with Gasteiger partial charge in [0.2, 0.25) is 5.78 Å². The smallest absolute Gasteiger partial charge is 0.206 e. The Morgan fingerprint density at radius 3 is 2.73 bits per heavy atom. The predicted molar refractivity (Wildman–Crippen MR) is 60.6 cm³/mol. The summed E-state index contributed by atoms with van der Waals surface area (Å²) >= 11 is 1.56. The van der Waals surface area contributed by atoms with Gasteiger partial charge < -0.3 is 4.42 Å². The molecule has 15 heavy (non-hydrogen) atoms. The highest BCUT2D eigenvalue weighted by Crippen LogP contribution is 2.22. The molecule has 0 radical (unpaired) electrons. The average molecular weight is 220 g/mol. The Hall–Kier alpha value is -1.35. The lowest BCUT2D eigenvalue weighted by Crippen LogP contribution is -1.97. The first kappa shape index (κ1) is 10.2. The molecule has 0 aromatic carbocycles. The SMILES string of the molecule is CCc1ccc(C(=O)c2ccoc2C)s1. The van der Waals surface area contributed by atoms with Gasteiger partial charge in [-0.3, -0.25) is 4.79 Å². The molecule has 0 spiro atoms. The molecule has 0 atom stereocenters. The van der Waals surface area contributed by atoms with Crippen LogP contribution in [0.15, 0.2) is 28.9 Å². The number of carbonyl (C=O) groups excluding carboxylic acids is 1. The van der Waals surface area contributed by atoms with Crippen LogP contribution in [0, 0.1) is 6.92 Å². The zero-order valence-corrected chi connectivity index (χ0v) is 9.56. The van der Waals surface area contributed by atoms with Crippen LogP contribution in [0.25, 0.3) is 0 Å². The van der Waals surface area contributed by atoms with E-state index in [9.17, 15) is 4.79 Å². The largest absolute Gasteiger partial charge is 0.469 e. The molecule has 0 fully saturated rings. The molecule has 2 aromatic rings. The second-order valence-corrected chi connectivity index (χ2v) is 4.51. The third-order valence-corrected chi connectivity index (χ3v) is 3.57. The summed E-state index contributed by atoms with van der Waals surface area (Å²) in [5.41, 5.74) is 0.666. The molecule has 0 N–H and O–H groups in total. The van der Waals surface area contributed by atoms with Crippen LogP contribution in [0.1, 0.15) is 32.8 Å². The summed E-state index contributed by atoms with van der Waals surface area (Å²) in [4.78, 5) is 14.0. The van der Waals surface area contributed by atoms with E-state index in [4.69, 9.17) is 4.42 Å². The van der Waals surface area contributed by atoms with E-state index < -0.39 is 0 Å². The molecule has 2 rings (SSSR count). The van der Waals surface area contributed by atoms with E-state index in [2.05, 4.69) is 6.92 Å². The molecule has 0 aliphatic carbocycles. The Bertz CT molecular complexity index is 479. The molecule has 0 aliphatic heterocycles. The van der Waals surface area contributed by atoms with Crippen LogP contribution in [-0.2, 0) is 6.42 Å². The summed E-state index contributed by atoms with van der Waals surface area (Å²) < 4.78 is 5.12. The second kappa shape index (κ2) is 4.03. The first-order valence-corrected chi connectivity index (χ1v) is 5.71. The monoisotopic (exact) mass is 220 g/mol. The van der Waals surface area contributed by atoms with Gasteiger partial charge in [0, 0.05) is 4.88 Å². The van der Waals surface area contributed by atoms with Crippen molar-refractivity contribution >= 4 is 17.1 Å². The fourth-order valence-corrected chi connectivity index (χ4v) is 2.34. The van der Waals surface area contributed by atoms with Crippen molar-refractivity contribution in [2.24, 2.45) is 0 Å². The van der Waals surface area contributed by atoms with Crippen LogP contribution in [0.2, 0.25) is 0 Å². The summed E-state index contributed by atoms with van der Waals surface area (Å²) in [5, 5.41) is 0. The normalized spacial score (nSPS) is 10.5. The topological polar surface area (TPSA) is 30.2 Å². The van der Waals surface area contributed by atoms with E-state index >= 15 is 0 Å². The van der Waals surface area contributed by atoms with E-state index in [1.54, 1.807) is 23.7 Å². The van der Waals surface area contributed by atoms with Gasteiger partial charge >= 0.3 is 0 Å². The van der Waals surface area contributed by atoms with Crippen molar-refractivity contribution in [2.75, 3.05) is 0 Å². The molecule has 0 bridgehead atoms. The Labute approximate surface area is 92.5 Å². The minimum absolute atomic E-state index is 0.0611. The van der Waals surface area contributed by atoms with Crippen LogP contribution in [0.5, 0.6) is 0 Å². The highest BCUT2D eigenvalue weighted by molar-refractivity contribution is 7.14.